The molecule has 35 heavy (non-hydrogen) atoms. The van der Waals surface area contributed by atoms with Crippen molar-refractivity contribution in [3.8, 4) is 5.75 Å². The summed E-state index contributed by atoms with van der Waals surface area (Å²) in [6.45, 7) is 1.49. The zero-order valence-electron chi connectivity index (χ0n) is 18.7. The van der Waals surface area contributed by atoms with Gasteiger partial charge in [0.2, 0.25) is 10.0 Å². The molecule has 1 aliphatic rings. The summed E-state index contributed by atoms with van der Waals surface area (Å²) >= 11 is 0. The fourth-order valence-corrected chi connectivity index (χ4v) is 4.80. The number of hydrazine groups is 1. The average Bonchev–Trinajstić information content (AvgIpc) is 2.92. The quantitative estimate of drug-likeness (QED) is 0.477. The van der Waals surface area contributed by atoms with Gasteiger partial charge in [0.05, 0.1) is 18.1 Å². The van der Waals surface area contributed by atoms with Gasteiger partial charge in [0.1, 0.15) is 12.4 Å². The smallest absolute Gasteiger partial charge is 0.269 e. The first-order valence-corrected chi connectivity index (χ1v) is 12.3. The van der Waals surface area contributed by atoms with Gasteiger partial charge in [-0.3, -0.25) is 25.4 Å². The summed E-state index contributed by atoms with van der Waals surface area (Å²) in [5, 5.41) is 0. The molecule has 2 aromatic carbocycles. The Bertz CT molecular complexity index is 1280. The number of aromatic nitrogens is 1. The molecule has 1 fully saturated rings. The average molecular weight is 497 g/mol. The van der Waals surface area contributed by atoms with Crippen molar-refractivity contribution in [2.45, 2.75) is 11.5 Å². The fraction of sp³-hybridized carbons (Fsp3) is 0.208. The van der Waals surface area contributed by atoms with Gasteiger partial charge in [-0.1, -0.05) is 12.1 Å². The van der Waals surface area contributed by atoms with Crippen molar-refractivity contribution in [3.63, 3.8) is 0 Å². The van der Waals surface area contributed by atoms with Crippen LogP contribution in [0, 0.1) is 0 Å². The van der Waals surface area contributed by atoms with Crippen molar-refractivity contribution in [3.05, 3.63) is 89.7 Å². The maximum absolute atomic E-state index is 12.8. The molecule has 0 radical (unpaired) electrons. The van der Waals surface area contributed by atoms with Crippen molar-refractivity contribution in [2.24, 2.45) is 0 Å². The summed E-state index contributed by atoms with van der Waals surface area (Å²) in [7, 11) is -3.75. The SMILES string of the molecule is O=C(NNC(=O)c1cccc(S(=O)(=O)N2CCOCC2)c1)c1ccc(OCc2cccnc2)cc1. The number of morpholine rings is 1. The molecule has 2 N–H and O–H groups in total. The van der Waals surface area contributed by atoms with Crippen LogP contribution in [0.4, 0.5) is 0 Å². The van der Waals surface area contributed by atoms with Crippen LogP contribution in [0.25, 0.3) is 0 Å². The van der Waals surface area contributed by atoms with E-state index in [-0.39, 0.29) is 23.5 Å². The molecule has 3 aromatic rings. The van der Waals surface area contributed by atoms with E-state index in [0.717, 1.165) is 5.56 Å². The largest absolute Gasteiger partial charge is 0.489 e. The molecule has 0 unspecified atom stereocenters. The van der Waals surface area contributed by atoms with Gasteiger partial charge in [-0.2, -0.15) is 4.31 Å². The van der Waals surface area contributed by atoms with Gasteiger partial charge < -0.3 is 9.47 Å². The Balaban J connectivity index is 1.32. The second kappa shape index (κ2) is 11.1. The second-order valence-corrected chi connectivity index (χ2v) is 9.56. The van der Waals surface area contributed by atoms with Crippen LogP contribution in [0.2, 0.25) is 0 Å². The van der Waals surface area contributed by atoms with E-state index in [1.807, 2.05) is 12.1 Å². The van der Waals surface area contributed by atoms with E-state index in [9.17, 15) is 18.0 Å². The molecule has 10 nitrogen and oxygen atoms in total. The van der Waals surface area contributed by atoms with Crippen molar-refractivity contribution >= 4 is 21.8 Å². The zero-order chi connectivity index (χ0) is 24.7. The zero-order valence-corrected chi connectivity index (χ0v) is 19.5. The third-order valence-corrected chi connectivity index (χ3v) is 7.13. The lowest BCUT2D eigenvalue weighted by Crippen LogP contribution is -2.42. The Kier molecular flexibility index (Phi) is 7.70. The fourth-order valence-electron chi connectivity index (χ4n) is 3.34. The Hall–Kier alpha value is -3.80. The monoisotopic (exact) mass is 496 g/mol. The van der Waals surface area contributed by atoms with E-state index in [1.54, 1.807) is 36.7 Å². The molecule has 4 rings (SSSR count). The lowest BCUT2D eigenvalue weighted by molar-refractivity contribution is 0.0730. The van der Waals surface area contributed by atoms with Gasteiger partial charge in [-0.05, 0) is 48.5 Å². The number of sulfonamides is 1. The van der Waals surface area contributed by atoms with Gasteiger partial charge >= 0.3 is 0 Å². The van der Waals surface area contributed by atoms with Gasteiger partial charge in [0, 0.05) is 42.2 Å². The minimum Gasteiger partial charge on any atom is -0.489 e. The van der Waals surface area contributed by atoms with Crippen LogP contribution in [-0.2, 0) is 21.4 Å². The highest BCUT2D eigenvalue weighted by molar-refractivity contribution is 7.89. The van der Waals surface area contributed by atoms with E-state index in [2.05, 4.69) is 15.8 Å². The molecule has 0 atom stereocenters. The van der Waals surface area contributed by atoms with Crippen molar-refractivity contribution in [1.82, 2.24) is 20.1 Å². The van der Waals surface area contributed by atoms with Crippen LogP contribution in [0.5, 0.6) is 5.75 Å². The minimum absolute atomic E-state index is 0.000231. The van der Waals surface area contributed by atoms with Gasteiger partial charge in [-0.25, -0.2) is 8.42 Å². The number of ether oxygens (including phenoxy) is 2. The number of benzene rings is 2. The standard InChI is InChI=1S/C24H24N4O6S/c29-23(19-6-8-21(9-7-19)34-17-18-3-2-10-25-16-18)26-27-24(30)20-4-1-5-22(15-20)35(31,32)28-11-13-33-14-12-28/h1-10,15-16H,11-14,17H2,(H,26,29)(H,27,30). The predicted molar refractivity (Wildman–Crippen MR) is 126 cm³/mol. The molecule has 2 amide bonds. The molecule has 2 heterocycles. The predicted octanol–water partition coefficient (Wildman–Crippen LogP) is 1.76. The summed E-state index contributed by atoms with van der Waals surface area (Å²) in [5.41, 5.74) is 5.96. The summed E-state index contributed by atoms with van der Waals surface area (Å²) in [6.07, 6.45) is 3.39. The van der Waals surface area contributed by atoms with Crippen LogP contribution in [0.1, 0.15) is 26.3 Å². The number of carbonyl (C=O) groups excluding carboxylic acids is 2. The highest BCUT2D eigenvalue weighted by Crippen LogP contribution is 2.18. The number of hydrogen-bond donors (Lipinski definition) is 2. The Morgan fingerprint density at radius 3 is 2.34 bits per heavy atom. The topological polar surface area (TPSA) is 127 Å². The molecular weight excluding hydrogens is 472 g/mol. The lowest BCUT2D eigenvalue weighted by Gasteiger charge is -2.26. The summed E-state index contributed by atoms with van der Waals surface area (Å²) in [4.78, 5) is 29.0. The number of amides is 2. The van der Waals surface area contributed by atoms with E-state index in [0.29, 0.717) is 31.1 Å². The van der Waals surface area contributed by atoms with Crippen LogP contribution in [0.3, 0.4) is 0 Å². The highest BCUT2D eigenvalue weighted by atomic mass is 32.2. The van der Waals surface area contributed by atoms with Crippen LogP contribution in [0.15, 0.2) is 78.0 Å². The van der Waals surface area contributed by atoms with Gasteiger partial charge in [0.15, 0.2) is 0 Å². The third kappa shape index (κ3) is 6.21. The van der Waals surface area contributed by atoms with Crippen LogP contribution in [-0.4, -0.2) is 55.8 Å². The first kappa shape index (κ1) is 24.3. The third-order valence-electron chi connectivity index (χ3n) is 5.24. The number of pyridine rings is 1. The first-order valence-electron chi connectivity index (χ1n) is 10.8. The highest BCUT2D eigenvalue weighted by Gasteiger charge is 2.27. The molecule has 182 valence electrons. The van der Waals surface area contributed by atoms with Crippen molar-refractivity contribution < 1.29 is 27.5 Å². The van der Waals surface area contributed by atoms with E-state index in [4.69, 9.17) is 9.47 Å². The molecule has 1 saturated heterocycles. The first-order chi connectivity index (χ1) is 16.9. The number of nitrogens with one attached hydrogen (secondary N) is 2. The number of rotatable bonds is 7. The molecule has 0 aliphatic carbocycles. The van der Waals surface area contributed by atoms with Crippen LogP contribution < -0.4 is 15.6 Å². The second-order valence-electron chi connectivity index (χ2n) is 7.63. The molecule has 11 heteroatoms. The summed E-state index contributed by atoms with van der Waals surface area (Å²) in [6, 6.07) is 15.8. The lowest BCUT2D eigenvalue weighted by atomic mass is 10.2. The van der Waals surface area contributed by atoms with E-state index in [1.165, 1.54) is 28.6 Å². The van der Waals surface area contributed by atoms with E-state index >= 15 is 0 Å². The Morgan fingerprint density at radius 2 is 1.66 bits per heavy atom. The summed E-state index contributed by atoms with van der Waals surface area (Å²) < 4.78 is 37.8. The van der Waals surface area contributed by atoms with Crippen molar-refractivity contribution in [2.75, 3.05) is 26.3 Å². The molecule has 1 aliphatic heterocycles. The molecule has 1 aromatic heterocycles. The summed E-state index contributed by atoms with van der Waals surface area (Å²) in [5.74, 6) is -0.601. The Morgan fingerprint density at radius 1 is 0.943 bits per heavy atom. The minimum atomic E-state index is -3.75. The maximum atomic E-state index is 12.8. The molecule has 0 bridgehead atoms. The van der Waals surface area contributed by atoms with Crippen LogP contribution >= 0.6 is 0 Å². The molecule has 0 saturated carbocycles. The number of hydrogen-bond acceptors (Lipinski definition) is 7. The normalized spacial score (nSPS) is 14.2. The van der Waals surface area contributed by atoms with Crippen molar-refractivity contribution in [1.29, 1.82) is 0 Å². The van der Waals surface area contributed by atoms with Gasteiger partial charge in [-0.15, -0.1) is 0 Å². The Labute approximate surface area is 202 Å². The number of nitrogens with zero attached hydrogens (tertiary/aromatic N) is 2. The van der Waals surface area contributed by atoms with Gasteiger partial charge in [0.25, 0.3) is 11.8 Å². The molecule has 0 spiro atoms. The maximum Gasteiger partial charge on any atom is 0.269 e. The number of carbonyl (C=O) groups is 2. The molecular formula is C24H24N4O6S. The van der Waals surface area contributed by atoms with E-state index < -0.39 is 21.8 Å².